The molecule has 0 atom stereocenters. The molecule has 2 aromatic carbocycles. The molecule has 3 heterocycles. The van der Waals surface area contributed by atoms with Crippen LogP contribution in [0.1, 0.15) is 36.0 Å². The SMILES string of the molecule is C=CCn1cc(C(=O)N2CCN(c3cccc(Cl)c3)CC2)c(=O)c2cc(S(=O)(=O)N3CCCCCC3)ccc21. The summed E-state index contributed by atoms with van der Waals surface area (Å²) < 4.78 is 30.2. The quantitative estimate of drug-likeness (QED) is 0.412. The van der Waals surface area contributed by atoms with Gasteiger partial charge in [-0.25, -0.2) is 8.42 Å². The van der Waals surface area contributed by atoms with Gasteiger partial charge in [-0.3, -0.25) is 9.59 Å². The van der Waals surface area contributed by atoms with Crippen LogP contribution >= 0.6 is 11.6 Å². The van der Waals surface area contributed by atoms with Crippen LogP contribution in [0.2, 0.25) is 5.02 Å². The Bertz CT molecular complexity index is 1550. The topological polar surface area (TPSA) is 82.9 Å². The Morgan fingerprint density at radius 2 is 1.67 bits per heavy atom. The molecule has 0 bridgehead atoms. The van der Waals surface area contributed by atoms with Gasteiger partial charge in [0.25, 0.3) is 5.91 Å². The molecule has 0 spiro atoms. The lowest BCUT2D eigenvalue weighted by atomic mass is 10.1. The standard InChI is InChI=1S/C29H33ClN4O4S/c1-2-12-33-21-26(29(36)32-17-15-31(16-18-32)23-9-7-8-22(30)19-23)28(35)25-20-24(10-11-27(25)33)39(37,38)34-13-5-3-4-6-14-34/h2,7-11,19-21H,1,3-6,12-18H2. The number of nitrogens with zero attached hydrogens (tertiary/aromatic N) is 4. The minimum atomic E-state index is -3.75. The second-order valence-electron chi connectivity index (χ2n) is 10.1. The van der Waals surface area contributed by atoms with Crippen LogP contribution in [0.15, 0.2) is 71.0 Å². The number of aromatic nitrogens is 1. The lowest BCUT2D eigenvalue weighted by Gasteiger charge is -2.36. The summed E-state index contributed by atoms with van der Waals surface area (Å²) >= 11 is 6.14. The highest BCUT2D eigenvalue weighted by atomic mass is 35.5. The minimum absolute atomic E-state index is 0.0323. The van der Waals surface area contributed by atoms with Gasteiger partial charge in [-0.05, 0) is 49.2 Å². The highest BCUT2D eigenvalue weighted by Crippen LogP contribution is 2.25. The number of piperazine rings is 1. The van der Waals surface area contributed by atoms with E-state index >= 15 is 0 Å². The highest BCUT2D eigenvalue weighted by molar-refractivity contribution is 7.89. The van der Waals surface area contributed by atoms with E-state index in [4.69, 9.17) is 11.6 Å². The maximum absolute atomic E-state index is 13.7. The summed E-state index contributed by atoms with van der Waals surface area (Å²) in [5.74, 6) is -0.355. The number of benzene rings is 2. The van der Waals surface area contributed by atoms with Gasteiger partial charge in [-0.1, -0.05) is 36.6 Å². The van der Waals surface area contributed by atoms with Crippen LogP contribution in [0.4, 0.5) is 5.69 Å². The van der Waals surface area contributed by atoms with Gasteiger partial charge >= 0.3 is 0 Å². The first-order valence-corrected chi connectivity index (χ1v) is 15.2. The first-order valence-electron chi connectivity index (χ1n) is 13.4. The summed E-state index contributed by atoms with van der Waals surface area (Å²) in [6, 6.07) is 12.2. The van der Waals surface area contributed by atoms with E-state index in [-0.39, 0.29) is 21.8 Å². The molecule has 2 aliphatic heterocycles. The molecule has 0 unspecified atom stereocenters. The van der Waals surface area contributed by atoms with Gasteiger partial charge in [0, 0.05) is 68.1 Å². The molecule has 39 heavy (non-hydrogen) atoms. The summed E-state index contributed by atoms with van der Waals surface area (Å²) in [4.78, 5) is 31.2. The molecule has 206 valence electrons. The number of carbonyl (C=O) groups is 1. The number of sulfonamides is 1. The van der Waals surface area contributed by atoms with Gasteiger partial charge in [0.15, 0.2) is 0 Å². The molecule has 0 saturated carbocycles. The third kappa shape index (κ3) is 5.62. The Labute approximate surface area is 234 Å². The van der Waals surface area contributed by atoms with Crippen LogP contribution in [0.25, 0.3) is 10.9 Å². The zero-order valence-electron chi connectivity index (χ0n) is 21.9. The number of amides is 1. The molecule has 3 aromatic rings. The van der Waals surface area contributed by atoms with E-state index in [9.17, 15) is 18.0 Å². The number of rotatable bonds is 6. The van der Waals surface area contributed by atoms with E-state index in [2.05, 4.69) is 11.5 Å². The van der Waals surface area contributed by atoms with Crippen LogP contribution in [0, 0.1) is 0 Å². The van der Waals surface area contributed by atoms with Crippen molar-refractivity contribution < 1.29 is 13.2 Å². The fourth-order valence-corrected chi connectivity index (χ4v) is 7.15. The zero-order chi connectivity index (χ0) is 27.6. The Kier molecular flexibility index (Phi) is 8.11. The molecule has 5 rings (SSSR count). The number of anilines is 1. The van der Waals surface area contributed by atoms with Crippen LogP contribution < -0.4 is 10.3 Å². The van der Waals surface area contributed by atoms with Crippen LogP contribution in [0.3, 0.4) is 0 Å². The van der Waals surface area contributed by atoms with Crippen molar-refractivity contribution in [3.05, 3.63) is 82.1 Å². The van der Waals surface area contributed by atoms with Gasteiger partial charge in [-0.15, -0.1) is 6.58 Å². The Balaban J connectivity index is 1.46. The molecule has 2 saturated heterocycles. The summed E-state index contributed by atoms with van der Waals surface area (Å²) in [7, 11) is -3.75. The molecular weight excluding hydrogens is 536 g/mol. The van der Waals surface area contributed by atoms with E-state index in [0.29, 0.717) is 56.4 Å². The first kappa shape index (κ1) is 27.4. The predicted molar refractivity (Wildman–Crippen MR) is 155 cm³/mol. The van der Waals surface area contributed by atoms with Gasteiger partial charge in [-0.2, -0.15) is 4.31 Å². The van der Waals surface area contributed by atoms with Crippen molar-refractivity contribution in [2.24, 2.45) is 0 Å². The Morgan fingerprint density at radius 1 is 0.949 bits per heavy atom. The van der Waals surface area contributed by atoms with Crippen molar-refractivity contribution in [3.63, 3.8) is 0 Å². The maximum Gasteiger partial charge on any atom is 0.259 e. The lowest BCUT2D eigenvalue weighted by molar-refractivity contribution is 0.0745. The van der Waals surface area contributed by atoms with Crippen molar-refractivity contribution in [1.29, 1.82) is 0 Å². The fourth-order valence-electron chi connectivity index (χ4n) is 5.42. The summed E-state index contributed by atoms with van der Waals surface area (Å²) in [6.45, 7) is 7.25. The molecule has 2 fully saturated rings. The van der Waals surface area contributed by atoms with Crippen molar-refractivity contribution in [2.45, 2.75) is 37.1 Å². The van der Waals surface area contributed by atoms with Crippen LogP contribution in [-0.2, 0) is 16.6 Å². The van der Waals surface area contributed by atoms with Gasteiger partial charge in [0.05, 0.1) is 10.4 Å². The minimum Gasteiger partial charge on any atom is -0.368 e. The molecule has 1 aromatic heterocycles. The normalized spacial score (nSPS) is 17.3. The first-order chi connectivity index (χ1) is 18.8. The molecule has 0 aliphatic carbocycles. The predicted octanol–water partition coefficient (Wildman–Crippen LogP) is 4.37. The summed E-state index contributed by atoms with van der Waals surface area (Å²) in [5, 5.41) is 0.873. The monoisotopic (exact) mass is 568 g/mol. The average Bonchev–Trinajstić information content (AvgIpc) is 3.25. The van der Waals surface area contributed by atoms with E-state index in [1.807, 2.05) is 24.3 Å². The summed E-state index contributed by atoms with van der Waals surface area (Å²) in [6.07, 6.45) is 6.92. The van der Waals surface area contributed by atoms with Crippen molar-refractivity contribution in [3.8, 4) is 0 Å². The number of pyridine rings is 1. The number of fused-ring (bicyclic) bond motifs is 1. The van der Waals surface area contributed by atoms with Crippen molar-refractivity contribution in [2.75, 3.05) is 44.2 Å². The van der Waals surface area contributed by atoms with Crippen molar-refractivity contribution >= 4 is 44.1 Å². The van der Waals surface area contributed by atoms with E-state index in [0.717, 1.165) is 31.4 Å². The molecular formula is C29H33ClN4O4S. The molecule has 10 heteroatoms. The lowest BCUT2D eigenvalue weighted by Crippen LogP contribution is -2.49. The van der Waals surface area contributed by atoms with E-state index in [1.165, 1.54) is 10.4 Å². The third-order valence-corrected chi connectivity index (χ3v) is 9.68. The fraction of sp³-hybridized carbons (Fsp3) is 0.379. The second-order valence-corrected chi connectivity index (χ2v) is 12.4. The highest BCUT2D eigenvalue weighted by Gasteiger charge is 2.28. The van der Waals surface area contributed by atoms with E-state index < -0.39 is 15.5 Å². The molecule has 1 amide bonds. The third-order valence-electron chi connectivity index (χ3n) is 7.55. The van der Waals surface area contributed by atoms with Gasteiger partial charge in [0.1, 0.15) is 5.56 Å². The molecule has 0 radical (unpaired) electrons. The number of carbonyl (C=O) groups excluding carboxylic acids is 1. The second kappa shape index (κ2) is 11.5. The number of allylic oxidation sites excluding steroid dienone is 1. The Hall–Kier alpha value is -3.14. The summed E-state index contributed by atoms with van der Waals surface area (Å²) in [5.41, 5.74) is 1.13. The largest absolute Gasteiger partial charge is 0.368 e. The number of halogens is 1. The zero-order valence-corrected chi connectivity index (χ0v) is 23.5. The van der Waals surface area contributed by atoms with Gasteiger partial charge < -0.3 is 14.4 Å². The van der Waals surface area contributed by atoms with E-state index in [1.54, 1.807) is 33.9 Å². The molecule has 0 N–H and O–H groups in total. The smallest absolute Gasteiger partial charge is 0.259 e. The van der Waals surface area contributed by atoms with Crippen molar-refractivity contribution in [1.82, 2.24) is 13.8 Å². The van der Waals surface area contributed by atoms with Gasteiger partial charge in [0.2, 0.25) is 15.5 Å². The molecule has 2 aliphatic rings. The number of hydrogen-bond donors (Lipinski definition) is 0. The maximum atomic E-state index is 13.7. The van der Waals surface area contributed by atoms with Crippen LogP contribution in [-0.4, -0.2) is 67.4 Å². The van der Waals surface area contributed by atoms with Crippen LogP contribution in [0.5, 0.6) is 0 Å². The molecule has 8 nitrogen and oxygen atoms in total. The average molecular weight is 569 g/mol. The Morgan fingerprint density at radius 3 is 2.33 bits per heavy atom. The number of hydrogen-bond acceptors (Lipinski definition) is 5.